The quantitative estimate of drug-likeness (QED) is 0.271. The lowest BCUT2D eigenvalue weighted by atomic mass is 10.1. The maximum absolute atomic E-state index is 14.7. The van der Waals surface area contributed by atoms with Crippen molar-refractivity contribution in [1.82, 2.24) is 19.6 Å². The third-order valence-electron chi connectivity index (χ3n) is 6.79. The molecule has 0 N–H and O–H groups in total. The monoisotopic (exact) mass is 566 g/mol. The van der Waals surface area contributed by atoms with Crippen molar-refractivity contribution >= 4 is 51.5 Å². The average molecular weight is 567 g/mol. The molecular weight excluding hydrogens is 544 g/mol. The predicted molar refractivity (Wildman–Crippen MR) is 138 cm³/mol. The first kappa shape index (κ1) is 26.7. The van der Waals surface area contributed by atoms with E-state index in [1.807, 2.05) is 18.7 Å². The SMILES string of the molecule is CC(C)N1C[C@@H](N2C(=O)S/C(=C\c3ccc4c(cnn4Cc4ccc(Cl)cc4C(F)(F)F)c3)C2=O)[C@@H](F)C1. The molecule has 0 unspecified atom stereocenters. The molecule has 12 heteroatoms. The second kappa shape index (κ2) is 10.0. The lowest BCUT2D eigenvalue weighted by Crippen LogP contribution is -2.44. The molecule has 2 saturated heterocycles. The van der Waals surface area contributed by atoms with E-state index in [4.69, 9.17) is 11.6 Å². The van der Waals surface area contributed by atoms with Gasteiger partial charge in [-0.2, -0.15) is 18.3 Å². The highest BCUT2D eigenvalue weighted by Gasteiger charge is 2.47. The van der Waals surface area contributed by atoms with Gasteiger partial charge in [-0.25, -0.2) is 4.39 Å². The molecule has 2 aromatic carbocycles. The Kier molecular flexibility index (Phi) is 7.04. The van der Waals surface area contributed by atoms with Gasteiger partial charge < -0.3 is 0 Å². The van der Waals surface area contributed by atoms with Gasteiger partial charge in [-0.15, -0.1) is 0 Å². The topological polar surface area (TPSA) is 58.4 Å². The number of imide groups is 1. The number of fused-ring (bicyclic) bond motifs is 1. The van der Waals surface area contributed by atoms with Gasteiger partial charge in [0.25, 0.3) is 11.1 Å². The summed E-state index contributed by atoms with van der Waals surface area (Å²) in [6.45, 7) is 4.22. The van der Waals surface area contributed by atoms with Gasteiger partial charge in [-0.05, 0) is 67.1 Å². The third-order valence-corrected chi connectivity index (χ3v) is 7.91. The van der Waals surface area contributed by atoms with Crippen molar-refractivity contribution in [2.45, 2.75) is 44.8 Å². The molecule has 0 bridgehead atoms. The number of benzene rings is 2. The van der Waals surface area contributed by atoms with Crippen molar-refractivity contribution in [2.75, 3.05) is 13.1 Å². The number of carbonyl (C=O) groups is 2. The second-order valence-electron chi connectivity index (χ2n) is 9.60. The molecule has 0 saturated carbocycles. The van der Waals surface area contributed by atoms with E-state index >= 15 is 0 Å². The normalized spacial score (nSPS) is 22.1. The van der Waals surface area contributed by atoms with E-state index in [0.717, 1.165) is 22.7 Å². The number of aromatic nitrogens is 2. The molecule has 2 atom stereocenters. The van der Waals surface area contributed by atoms with E-state index in [1.54, 1.807) is 24.3 Å². The number of rotatable bonds is 5. The zero-order valence-corrected chi connectivity index (χ0v) is 21.9. The maximum atomic E-state index is 14.7. The zero-order chi connectivity index (χ0) is 27.4. The summed E-state index contributed by atoms with van der Waals surface area (Å²) in [5, 5.41) is 4.38. The Morgan fingerprint density at radius 2 is 1.92 bits per heavy atom. The summed E-state index contributed by atoms with van der Waals surface area (Å²) >= 11 is 6.55. The van der Waals surface area contributed by atoms with E-state index in [1.165, 1.54) is 23.0 Å². The second-order valence-corrected chi connectivity index (χ2v) is 11.0. The fraction of sp³-hybridized carbons (Fsp3) is 0.346. The van der Waals surface area contributed by atoms with Gasteiger partial charge in [0, 0.05) is 29.5 Å². The molecule has 2 aliphatic heterocycles. The minimum absolute atomic E-state index is 0.00679. The highest BCUT2D eigenvalue weighted by molar-refractivity contribution is 8.18. The molecule has 2 aliphatic rings. The highest BCUT2D eigenvalue weighted by atomic mass is 35.5. The average Bonchev–Trinajstić information content (AvgIpc) is 3.50. The Morgan fingerprint density at radius 3 is 2.61 bits per heavy atom. The summed E-state index contributed by atoms with van der Waals surface area (Å²) < 4.78 is 56.7. The number of thioether (sulfide) groups is 1. The Labute approximate surface area is 225 Å². The van der Waals surface area contributed by atoms with Crippen LogP contribution in [0.3, 0.4) is 0 Å². The first-order chi connectivity index (χ1) is 17.9. The summed E-state index contributed by atoms with van der Waals surface area (Å²) in [7, 11) is 0. The van der Waals surface area contributed by atoms with Crippen molar-refractivity contribution in [3.8, 4) is 0 Å². The van der Waals surface area contributed by atoms with Gasteiger partial charge in [0.1, 0.15) is 6.17 Å². The largest absolute Gasteiger partial charge is 0.416 e. The van der Waals surface area contributed by atoms with Gasteiger partial charge in [0.15, 0.2) is 0 Å². The first-order valence-corrected chi connectivity index (χ1v) is 13.1. The molecule has 3 aromatic rings. The molecule has 6 nitrogen and oxygen atoms in total. The lowest BCUT2D eigenvalue weighted by Gasteiger charge is -2.23. The summed E-state index contributed by atoms with van der Waals surface area (Å²) in [4.78, 5) is 28.8. The van der Waals surface area contributed by atoms with Crippen molar-refractivity contribution in [3.63, 3.8) is 0 Å². The maximum Gasteiger partial charge on any atom is 0.416 e. The molecule has 0 radical (unpaired) electrons. The molecular formula is C26H23ClF4N4O2S. The minimum atomic E-state index is -4.56. The van der Waals surface area contributed by atoms with Crippen molar-refractivity contribution in [1.29, 1.82) is 0 Å². The Bertz CT molecular complexity index is 1450. The van der Waals surface area contributed by atoms with Gasteiger partial charge in [0.05, 0.1) is 34.8 Å². The fourth-order valence-corrected chi connectivity index (χ4v) is 5.85. The number of halogens is 5. The molecule has 2 amide bonds. The van der Waals surface area contributed by atoms with E-state index in [2.05, 4.69) is 5.10 Å². The zero-order valence-electron chi connectivity index (χ0n) is 20.4. The number of carbonyl (C=O) groups excluding carboxylic acids is 2. The summed E-state index contributed by atoms with van der Waals surface area (Å²) in [5.41, 5.74) is 0.407. The third kappa shape index (κ3) is 5.06. The van der Waals surface area contributed by atoms with Crippen LogP contribution in [0, 0.1) is 0 Å². The highest BCUT2D eigenvalue weighted by Crippen LogP contribution is 2.37. The van der Waals surface area contributed by atoms with Crippen molar-refractivity contribution in [3.05, 3.63) is 69.2 Å². The number of amides is 2. The lowest BCUT2D eigenvalue weighted by molar-refractivity contribution is -0.138. The Balaban J connectivity index is 1.38. The van der Waals surface area contributed by atoms with Gasteiger partial charge in [-0.1, -0.05) is 23.7 Å². The van der Waals surface area contributed by atoms with Crippen molar-refractivity contribution < 1.29 is 27.2 Å². The van der Waals surface area contributed by atoms with Crippen molar-refractivity contribution in [2.24, 2.45) is 0 Å². The van der Waals surface area contributed by atoms with Crippen LogP contribution in [0.25, 0.3) is 17.0 Å². The van der Waals surface area contributed by atoms with Crippen LogP contribution >= 0.6 is 23.4 Å². The van der Waals surface area contributed by atoms with Crippen LogP contribution in [0.1, 0.15) is 30.5 Å². The van der Waals surface area contributed by atoms with E-state index < -0.39 is 35.1 Å². The Hall–Kier alpha value is -2.89. The molecule has 3 heterocycles. The molecule has 0 aliphatic carbocycles. The Morgan fingerprint density at radius 1 is 1.16 bits per heavy atom. The number of hydrogen-bond donors (Lipinski definition) is 0. The first-order valence-electron chi connectivity index (χ1n) is 11.9. The van der Waals surface area contributed by atoms with Crippen LogP contribution in [0.5, 0.6) is 0 Å². The van der Waals surface area contributed by atoms with Gasteiger partial charge >= 0.3 is 6.18 Å². The fourth-order valence-electron chi connectivity index (χ4n) is 4.79. The van der Waals surface area contributed by atoms with E-state index in [-0.39, 0.29) is 34.6 Å². The standard InChI is InChI=1S/C26H23ClF4N4O2S/c1-14(2)33-12-20(28)22(13-33)35-24(36)23(38-25(35)37)8-15-3-6-21-17(7-15)10-32-34(21)11-16-4-5-18(27)9-19(16)26(29,30)31/h3-10,14,20,22H,11-13H2,1-2H3/b23-8-/t20-,22+/m0/s1. The van der Waals surface area contributed by atoms with Crippen LogP contribution in [0.4, 0.5) is 22.4 Å². The number of hydrogen-bond acceptors (Lipinski definition) is 5. The minimum Gasteiger partial charge on any atom is -0.296 e. The van der Waals surface area contributed by atoms with Gasteiger partial charge in [-0.3, -0.25) is 24.1 Å². The van der Waals surface area contributed by atoms with Gasteiger partial charge in [0.2, 0.25) is 0 Å². The molecule has 2 fully saturated rings. The van der Waals surface area contributed by atoms with E-state index in [0.29, 0.717) is 23.0 Å². The van der Waals surface area contributed by atoms with Crippen LogP contribution in [0.2, 0.25) is 5.02 Å². The van der Waals surface area contributed by atoms with Crippen LogP contribution < -0.4 is 0 Å². The summed E-state index contributed by atoms with van der Waals surface area (Å²) in [5.74, 6) is -0.531. The molecule has 5 rings (SSSR count). The van der Waals surface area contributed by atoms with Crippen LogP contribution in [0.15, 0.2) is 47.5 Å². The smallest absolute Gasteiger partial charge is 0.296 e. The number of alkyl halides is 4. The molecule has 1 aromatic heterocycles. The number of nitrogens with zero attached hydrogens (tertiary/aromatic N) is 4. The molecule has 0 spiro atoms. The van der Waals surface area contributed by atoms with E-state index in [9.17, 15) is 27.2 Å². The summed E-state index contributed by atoms with van der Waals surface area (Å²) in [6.07, 6.45) is -2.79. The summed E-state index contributed by atoms with van der Waals surface area (Å²) in [6, 6.07) is 8.01. The predicted octanol–water partition coefficient (Wildman–Crippen LogP) is 6.22. The molecule has 38 heavy (non-hydrogen) atoms. The van der Waals surface area contributed by atoms with Crippen LogP contribution in [-0.4, -0.2) is 62.1 Å². The molecule has 200 valence electrons. The van der Waals surface area contributed by atoms with Crippen LogP contribution in [-0.2, 0) is 17.5 Å². The number of likely N-dealkylation sites (tertiary alicyclic amines) is 1.